The lowest BCUT2D eigenvalue weighted by Crippen LogP contribution is -2.48. The number of rotatable bonds is 7. The third kappa shape index (κ3) is 5.24. The summed E-state index contributed by atoms with van der Waals surface area (Å²) in [5, 5.41) is 11.7. The summed E-state index contributed by atoms with van der Waals surface area (Å²) in [6, 6.07) is 15.7. The van der Waals surface area contributed by atoms with Gasteiger partial charge in [-0.2, -0.15) is 0 Å². The number of oxime groups is 1. The van der Waals surface area contributed by atoms with E-state index in [0.29, 0.717) is 11.4 Å². The van der Waals surface area contributed by atoms with Crippen LogP contribution in [0, 0.1) is 18.6 Å². The fourth-order valence-corrected chi connectivity index (χ4v) is 4.26. The van der Waals surface area contributed by atoms with Crippen LogP contribution in [0.4, 0.5) is 14.5 Å². The lowest BCUT2D eigenvalue weighted by atomic mass is 9.88. The Balaban J connectivity index is 1.55. The molecule has 1 aliphatic rings. The molecule has 3 aromatic carbocycles. The zero-order valence-electron chi connectivity index (χ0n) is 21.0. The van der Waals surface area contributed by atoms with Gasteiger partial charge in [0, 0.05) is 31.8 Å². The van der Waals surface area contributed by atoms with Crippen LogP contribution >= 0.6 is 0 Å². The van der Waals surface area contributed by atoms with E-state index in [1.807, 2.05) is 25.1 Å². The van der Waals surface area contributed by atoms with E-state index in [1.165, 1.54) is 20.2 Å². The molecule has 0 aromatic heterocycles. The Morgan fingerprint density at radius 3 is 2.24 bits per heavy atom. The lowest BCUT2D eigenvalue weighted by Gasteiger charge is -2.23. The molecule has 3 aromatic rings. The molecule has 0 spiro atoms. The number of carbonyl (C=O) groups excluding carboxylic acids is 3. The lowest BCUT2D eigenvalue weighted by molar-refractivity contribution is -0.149. The average Bonchev–Trinajstić information content (AvgIpc) is 3.34. The molecule has 1 aliphatic heterocycles. The minimum absolute atomic E-state index is 0.111. The molecule has 0 bridgehead atoms. The normalized spacial score (nSPS) is 16.3. The van der Waals surface area contributed by atoms with Gasteiger partial charge < -0.3 is 20.8 Å². The number of aryl methyl sites for hydroxylation is 1. The van der Waals surface area contributed by atoms with E-state index >= 15 is 0 Å². The van der Waals surface area contributed by atoms with Gasteiger partial charge in [0.25, 0.3) is 11.8 Å². The van der Waals surface area contributed by atoms with E-state index in [1.54, 1.807) is 24.3 Å². The first-order chi connectivity index (χ1) is 18.2. The summed E-state index contributed by atoms with van der Waals surface area (Å²) in [5.41, 5.74) is 2.18. The summed E-state index contributed by atoms with van der Waals surface area (Å²) in [5.74, 6) is -3.57. The molecule has 0 fully saturated rings. The Morgan fingerprint density at radius 1 is 0.947 bits per heavy atom. The van der Waals surface area contributed by atoms with Crippen LogP contribution in [-0.4, -0.2) is 43.1 Å². The molecule has 1 atom stereocenters. The highest BCUT2D eigenvalue weighted by Crippen LogP contribution is 2.33. The van der Waals surface area contributed by atoms with Crippen molar-refractivity contribution in [2.24, 2.45) is 5.16 Å². The van der Waals surface area contributed by atoms with Gasteiger partial charge >= 0.3 is 0 Å². The Bertz CT molecular complexity index is 1420. The summed E-state index contributed by atoms with van der Waals surface area (Å²) < 4.78 is 27.9. The summed E-state index contributed by atoms with van der Waals surface area (Å²) in [4.78, 5) is 42.6. The topological polar surface area (TPSA) is 109 Å². The van der Waals surface area contributed by atoms with Crippen molar-refractivity contribution < 1.29 is 28.0 Å². The van der Waals surface area contributed by atoms with Crippen molar-refractivity contribution in [1.29, 1.82) is 0 Å². The van der Waals surface area contributed by atoms with Crippen LogP contribution in [0.25, 0.3) is 11.1 Å². The van der Waals surface area contributed by atoms with E-state index in [-0.39, 0.29) is 18.7 Å². The molecular weight excluding hydrogens is 494 g/mol. The van der Waals surface area contributed by atoms with Crippen molar-refractivity contribution in [1.82, 2.24) is 10.6 Å². The summed E-state index contributed by atoms with van der Waals surface area (Å²) >= 11 is 0. The van der Waals surface area contributed by atoms with Crippen LogP contribution in [0.3, 0.4) is 0 Å². The van der Waals surface area contributed by atoms with Crippen molar-refractivity contribution in [2.45, 2.75) is 25.4 Å². The van der Waals surface area contributed by atoms with Crippen molar-refractivity contribution in [3.8, 4) is 11.1 Å². The maximum absolute atomic E-state index is 13.9. The van der Waals surface area contributed by atoms with Gasteiger partial charge in [-0.1, -0.05) is 35.5 Å². The van der Waals surface area contributed by atoms with Gasteiger partial charge in [-0.3, -0.25) is 14.4 Å². The highest BCUT2D eigenvalue weighted by atomic mass is 19.1. The molecule has 196 valence electrons. The first-order valence-corrected chi connectivity index (χ1v) is 11.8. The number of carbonyl (C=O) groups is 3. The first-order valence-electron chi connectivity index (χ1n) is 11.8. The zero-order chi connectivity index (χ0) is 27.4. The Kier molecular flexibility index (Phi) is 7.52. The second-order valence-corrected chi connectivity index (χ2v) is 8.89. The summed E-state index contributed by atoms with van der Waals surface area (Å²) in [6.45, 7) is 1.93. The predicted molar refractivity (Wildman–Crippen MR) is 139 cm³/mol. The second-order valence-electron chi connectivity index (χ2n) is 8.89. The number of hydrogen-bond acceptors (Lipinski definition) is 5. The molecule has 0 radical (unpaired) electrons. The van der Waals surface area contributed by atoms with Gasteiger partial charge in [0.2, 0.25) is 11.5 Å². The van der Waals surface area contributed by atoms with Crippen LogP contribution in [-0.2, 0) is 14.4 Å². The number of likely N-dealkylation sites (N-methyl/N-ethyl adjacent to an activating group) is 1. The van der Waals surface area contributed by atoms with Crippen LogP contribution in [0.2, 0.25) is 0 Å². The average molecular weight is 521 g/mol. The highest BCUT2D eigenvalue weighted by Gasteiger charge is 2.48. The van der Waals surface area contributed by atoms with Crippen LogP contribution in [0.15, 0.2) is 65.8 Å². The Labute approximate surface area is 218 Å². The standard InChI is InChI=1S/C28H26F2N4O4/c1-16-7-8-18(23-14-28(38-34-23,27(37)32-3)15-24(35)31-2)13-20(16)17-9-11-19(12-10-17)33-26(36)25-21(29)5-4-6-22(25)30/h4-13H,14-15H2,1-3H3,(H,31,35)(H,32,37)(H,33,36). The predicted octanol–water partition coefficient (Wildman–Crippen LogP) is 3.94. The Morgan fingerprint density at radius 2 is 1.61 bits per heavy atom. The zero-order valence-corrected chi connectivity index (χ0v) is 21.0. The maximum atomic E-state index is 13.9. The van der Waals surface area contributed by atoms with Crippen molar-refractivity contribution in [2.75, 3.05) is 19.4 Å². The van der Waals surface area contributed by atoms with E-state index in [0.717, 1.165) is 34.4 Å². The number of nitrogens with zero attached hydrogens (tertiary/aromatic N) is 1. The molecule has 8 nitrogen and oxygen atoms in total. The van der Waals surface area contributed by atoms with E-state index in [2.05, 4.69) is 21.1 Å². The number of nitrogens with one attached hydrogen (secondary N) is 3. The number of hydrogen-bond donors (Lipinski definition) is 3. The third-order valence-corrected chi connectivity index (χ3v) is 6.36. The minimum Gasteiger partial charge on any atom is -0.378 e. The molecular formula is C28H26F2N4O4. The van der Waals surface area contributed by atoms with E-state index in [4.69, 9.17) is 4.84 Å². The molecule has 0 aliphatic carbocycles. The van der Waals surface area contributed by atoms with E-state index < -0.39 is 34.6 Å². The SMILES string of the molecule is CNC(=O)CC1(C(=O)NC)CC(c2ccc(C)c(-c3ccc(NC(=O)c4c(F)cccc4F)cc3)c2)=NO1. The molecule has 3 amide bonds. The molecule has 4 rings (SSSR count). The Hall–Kier alpha value is -4.60. The third-order valence-electron chi connectivity index (χ3n) is 6.36. The van der Waals surface area contributed by atoms with Crippen molar-refractivity contribution in [3.05, 3.63) is 89.0 Å². The highest BCUT2D eigenvalue weighted by molar-refractivity contribution is 6.07. The largest absolute Gasteiger partial charge is 0.378 e. The number of halogens is 2. The second kappa shape index (κ2) is 10.8. The molecule has 10 heteroatoms. The summed E-state index contributed by atoms with van der Waals surface area (Å²) in [6.07, 6.45) is -0.0704. The van der Waals surface area contributed by atoms with Crippen LogP contribution < -0.4 is 16.0 Å². The number of anilines is 1. The van der Waals surface area contributed by atoms with Gasteiger partial charge in [0.15, 0.2) is 0 Å². The fourth-order valence-electron chi connectivity index (χ4n) is 4.26. The molecule has 1 heterocycles. The smallest absolute Gasteiger partial charge is 0.267 e. The van der Waals surface area contributed by atoms with Crippen molar-refractivity contribution in [3.63, 3.8) is 0 Å². The maximum Gasteiger partial charge on any atom is 0.267 e. The quantitative estimate of drug-likeness (QED) is 0.439. The van der Waals surface area contributed by atoms with E-state index in [9.17, 15) is 23.2 Å². The molecule has 38 heavy (non-hydrogen) atoms. The van der Waals surface area contributed by atoms with Crippen LogP contribution in [0.5, 0.6) is 0 Å². The van der Waals surface area contributed by atoms with Gasteiger partial charge in [-0.25, -0.2) is 8.78 Å². The molecule has 0 saturated heterocycles. The monoisotopic (exact) mass is 520 g/mol. The van der Waals surface area contributed by atoms with Gasteiger partial charge in [0.1, 0.15) is 17.2 Å². The van der Waals surface area contributed by atoms with Crippen molar-refractivity contribution >= 4 is 29.1 Å². The molecule has 1 unspecified atom stereocenters. The minimum atomic E-state index is -1.44. The number of benzene rings is 3. The summed E-state index contributed by atoms with van der Waals surface area (Å²) in [7, 11) is 2.95. The van der Waals surface area contributed by atoms with Gasteiger partial charge in [-0.05, 0) is 53.9 Å². The fraction of sp³-hybridized carbons (Fsp3) is 0.214. The number of amides is 3. The van der Waals surface area contributed by atoms with Gasteiger partial charge in [-0.15, -0.1) is 0 Å². The molecule has 3 N–H and O–H groups in total. The van der Waals surface area contributed by atoms with Crippen LogP contribution in [0.1, 0.15) is 34.3 Å². The first kappa shape index (κ1) is 26.5. The molecule has 0 saturated carbocycles. The van der Waals surface area contributed by atoms with Gasteiger partial charge in [0.05, 0.1) is 12.1 Å².